The molecule has 0 heteroatoms. The van der Waals surface area contributed by atoms with Gasteiger partial charge in [-0.25, -0.2) is 0 Å². The molecule has 0 heterocycles. The van der Waals surface area contributed by atoms with Crippen molar-refractivity contribution in [2.45, 2.75) is 59.3 Å². The topological polar surface area (TPSA) is 0 Å². The van der Waals surface area contributed by atoms with Crippen LogP contribution in [-0.4, -0.2) is 0 Å². The summed E-state index contributed by atoms with van der Waals surface area (Å²) in [5.41, 5.74) is 0.632. The van der Waals surface area contributed by atoms with Crippen LogP contribution < -0.4 is 0 Å². The number of allylic oxidation sites excluding steroid dienone is 4. The average molecular weight is 258 g/mol. The maximum atomic E-state index is 2.53. The molecule has 0 amide bonds. The minimum atomic E-state index is 0.632. The predicted octanol–water partition coefficient (Wildman–Crippen LogP) is 5.61. The van der Waals surface area contributed by atoms with E-state index in [4.69, 9.17) is 0 Å². The van der Waals surface area contributed by atoms with E-state index in [2.05, 4.69) is 45.1 Å². The van der Waals surface area contributed by atoms with Crippen molar-refractivity contribution in [2.75, 3.05) is 0 Å². The fraction of sp³-hybridized carbons (Fsp3) is 0.789. The van der Waals surface area contributed by atoms with Gasteiger partial charge >= 0.3 is 0 Å². The van der Waals surface area contributed by atoms with Crippen molar-refractivity contribution in [3.63, 3.8) is 0 Å². The summed E-state index contributed by atoms with van der Waals surface area (Å²) in [6.45, 7) is 7.47. The van der Waals surface area contributed by atoms with E-state index in [0.717, 1.165) is 29.6 Å². The van der Waals surface area contributed by atoms with Crippen LogP contribution in [0.4, 0.5) is 0 Å². The third-order valence-corrected chi connectivity index (χ3v) is 6.53. The molecular formula is C19H30. The van der Waals surface area contributed by atoms with E-state index >= 15 is 0 Å². The number of hydrogen-bond acceptors (Lipinski definition) is 0. The predicted molar refractivity (Wildman–Crippen MR) is 82.9 cm³/mol. The lowest BCUT2D eigenvalue weighted by Crippen LogP contribution is -2.42. The third kappa shape index (κ3) is 2.22. The molecule has 5 unspecified atom stereocenters. The fourth-order valence-electron chi connectivity index (χ4n) is 5.55. The zero-order chi connectivity index (χ0) is 13.5. The van der Waals surface area contributed by atoms with Crippen molar-refractivity contribution in [3.8, 4) is 0 Å². The van der Waals surface area contributed by atoms with Crippen molar-refractivity contribution in [1.29, 1.82) is 0 Å². The molecule has 0 aromatic rings. The van der Waals surface area contributed by atoms with Crippen LogP contribution in [0, 0.1) is 35.0 Å². The number of hydrogen-bond donors (Lipinski definition) is 0. The highest BCUT2D eigenvalue weighted by atomic mass is 14.5. The summed E-state index contributed by atoms with van der Waals surface area (Å²) in [4.78, 5) is 0. The van der Waals surface area contributed by atoms with Crippen LogP contribution in [0.5, 0.6) is 0 Å². The lowest BCUT2D eigenvalue weighted by molar-refractivity contribution is 0.00517. The van der Waals surface area contributed by atoms with Gasteiger partial charge in [0.25, 0.3) is 0 Å². The van der Waals surface area contributed by atoms with Gasteiger partial charge in [-0.1, -0.05) is 57.9 Å². The van der Waals surface area contributed by atoms with Crippen LogP contribution in [0.3, 0.4) is 0 Å². The summed E-state index contributed by atoms with van der Waals surface area (Å²) in [5.74, 6) is 4.43. The molecule has 0 aromatic heterocycles. The Hall–Kier alpha value is -0.520. The van der Waals surface area contributed by atoms with E-state index in [1.165, 1.54) is 38.5 Å². The molecular weight excluding hydrogens is 228 g/mol. The maximum Gasteiger partial charge on any atom is -0.0134 e. The Morgan fingerprint density at radius 1 is 1.05 bits per heavy atom. The van der Waals surface area contributed by atoms with Gasteiger partial charge in [-0.2, -0.15) is 0 Å². The zero-order valence-corrected chi connectivity index (χ0v) is 12.9. The number of rotatable bonds is 2. The summed E-state index contributed by atoms with van der Waals surface area (Å²) in [6, 6.07) is 0. The Kier molecular flexibility index (Phi) is 3.62. The van der Waals surface area contributed by atoms with E-state index in [1.807, 2.05) is 0 Å². The smallest absolute Gasteiger partial charge is 0.0134 e. The molecule has 0 bridgehead atoms. The molecule has 2 saturated carbocycles. The molecule has 0 spiro atoms. The molecule has 0 nitrogen and oxygen atoms in total. The Balaban J connectivity index is 1.88. The van der Waals surface area contributed by atoms with E-state index in [0.29, 0.717) is 5.41 Å². The summed E-state index contributed by atoms with van der Waals surface area (Å²) < 4.78 is 0. The van der Waals surface area contributed by atoms with Crippen LogP contribution >= 0.6 is 0 Å². The second-order valence-electron chi connectivity index (χ2n) is 7.78. The minimum absolute atomic E-state index is 0.632. The molecule has 5 atom stereocenters. The molecule has 0 aromatic carbocycles. The normalized spacial score (nSPS) is 45.7. The molecule has 0 aliphatic heterocycles. The van der Waals surface area contributed by atoms with Gasteiger partial charge < -0.3 is 0 Å². The molecule has 3 aliphatic carbocycles. The molecule has 19 heavy (non-hydrogen) atoms. The van der Waals surface area contributed by atoms with Crippen LogP contribution in [-0.2, 0) is 0 Å². The molecule has 0 N–H and O–H groups in total. The van der Waals surface area contributed by atoms with Gasteiger partial charge in [-0.3, -0.25) is 0 Å². The highest BCUT2D eigenvalue weighted by Gasteiger charge is 2.50. The largest absolute Gasteiger partial charge is 0.0808 e. The quantitative estimate of drug-likeness (QED) is 0.604. The Bertz CT molecular complexity index is 375. The first kappa shape index (κ1) is 13.5. The summed E-state index contributed by atoms with van der Waals surface area (Å²) in [5, 5.41) is 0. The minimum Gasteiger partial charge on any atom is -0.0808 e. The van der Waals surface area contributed by atoms with Gasteiger partial charge in [0, 0.05) is 0 Å². The second kappa shape index (κ2) is 5.11. The SMILES string of the molecule is CC1CCCC(C(C)C)(C2CCC3C=CC=CC32)C1. The Labute approximate surface area is 119 Å². The lowest BCUT2D eigenvalue weighted by atomic mass is 9.55. The van der Waals surface area contributed by atoms with Crippen LogP contribution in [0.2, 0.25) is 0 Å². The van der Waals surface area contributed by atoms with Gasteiger partial charge in [0.15, 0.2) is 0 Å². The standard InChI is InChI=1S/C19H30/c1-14(2)19(12-6-7-15(3)13-19)18-11-10-16-8-4-5-9-17(16)18/h4-5,8-9,14-18H,6-7,10-13H2,1-3H3. The van der Waals surface area contributed by atoms with Crippen molar-refractivity contribution >= 4 is 0 Å². The van der Waals surface area contributed by atoms with Gasteiger partial charge in [-0.05, 0) is 60.7 Å². The first-order chi connectivity index (χ1) is 9.13. The Morgan fingerprint density at radius 3 is 2.58 bits per heavy atom. The molecule has 0 saturated heterocycles. The molecule has 106 valence electrons. The van der Waals surface area contributed by atoms with E-state index < -0.39 is 0 Å². The molecule has 3 rings (SSSR count). The maximum absolute atomic E-state index is 2.53. The first-order valence-electron chi connectivity index (χ1n) is 8.48. The van der Waals surface area contributed by atoms with Crippen molar-refractivity contribution in [1.82, 2.24) is 0 Å². The highest BCUT2D eigenvalue weighted by Crippen LogP contribution is 2.58. The fourth-order valence-corrected chi connectivity index (χ4v) is 5.55. The number of fused-ring (bicyclic) bond motifs is 1. The third-order valence-electron chi connectivity index (χ3n) is 6.53. The summed E-state index contributed by atoms with van der Waals surface area (Å²) >= 11 is 0. The van der Waals surface area contributed by atoms with Crippen molar-refractivity contribution < 1.29 is 0 Å². The highest BCUT2D eigenvalue weighted by molar-refractivity contribution is 5.19. The summed E-state index contributed by atoms with van der Waals surface area (Å²) in [6.07, 6.45) is 18.4. The van der Waals surface area contributed by atoms with Crippen LogP contribution in [0.1, 0.15) is 59.3 Å². The molecule has 3 aliphatic rings. The van der Waals surface area contributed by atoms with Gasteiger partial charge in [0.2, 0.25) is 0 Å². The van der Waals surface area contributed by atoms with Gasteiger partial charge in [0.1, 0.15) is 0 Å². The molecule has 0 radical (unpaired) electrons. The van der Waals surface area contributed by atoms with Gasteiger partial charge in [-0.15, -0.1) is 0 Å². The summed E-state index contributed by atoms with van der Waals surface area (Å²) in [7, 11) is 0. The second-order valence-corrected chi connectivity index (χ2v) is 7.78. The van der Waals surface area contributed by atoms with Gasteiger partial charge in [0.05, 0.1) is 0 Å². The Morgan fingerprint density at radius 2 is 1.84 bits per heavy atom. The zero-order valence-electron chi connectivity index (χ0n) is 12.9. The van der Waals surface area contributed by atoms with E-state index in [9.17, 15) is 0 Å². The van der Waals surface area contributed by atoms with Crippen molar-refractivity contribution in [3.05, 3.63) is 24.3 Å². The average Bonchev–Trinajstić information content (AvgIpc) is 2.82. The lowest BCUT2D eigenvalue weighted by Gasteiger charge is -2.50. The van der Waals surface area contributed by atoms with Crippen LogP contribution in [0.15, 0.2) is 24.3 Å². The van der Waals surface area contributed by atoms with Crippen molar-refractivity contribution in [2.24, 2.45) is 35.0 Å². The van der Waals surface area contributed by atoms with E-state index in [-0.39, 0.29) is 0 Å². The monoisotopic (exact) mass is 258 g/mol. The molecule has 2 fully saturated rings. The van der Waals surface area contributed by atoms with E-state index in [1.54, 1.807) is 0 Å². The van der Waals surface area contributed by atoms with Crippen LogP contribution in [0.25, 0.3) is 0 Å². The first-order valence-corrected chi connectivity index (χ1v) is 8.48.